The van der Waals surface area contributed by atoms with Crippen LogP contribution in [-0.2, 0) is 9.53 Å². The first-order chi connectivity index (χ1) is 7.60. The van der Waals surface area contributed by atoms with Gasteiger partial charge in [-0.3, -0.25) is 9.69 Å². The Balaban J connectivity index is 2.50. The Morgan fingerprint density at radius 1 is 1.50 bits per heavy atom. The lowest BCUT2D eigenvalue weighted by molar-refractivity contribution is -0.143. The Labute approximate surface area is 97.6 Å². The van der Waals surface area contributed by atoms with E-state index in [0.717, 1.165) is 26.3 Å². The number of carboxylic acids is 1. The fourth-order valence-corrected chi connectivity index (χ4v) is 2.40. The molecule has 4 heteroatoms. The van der Waals surface area contributed by atoms with Gasteiger partial charge in [-0.1, -0.05) is 13.8 Å². The third-order valence-corrected chi connectivity index (χ3v) is 3.44. The summed E-state index contributed by atoms with van der Waals surface area (Å²) < 4.78 is 5.44. The lowest BCUT2D eigenvalue weighted by Gasteiger charge is -2.22. The molecule has 1 fully saturated rings. The van der Waals surface area contributed by atoms with Crippen LogP contribution >= 0.6 is 0 Å². The predicted octanol–water partition coefficient (Wildman–Crippen LogP) is 1.45. The number of hydrogen-bond acceptors (Lipinski definition) is 3. The summed E-state index contributed by atoms with van der Waals surface area (Å²) in [5.74, 6) is 0.306. The molecule has 1 rings (SSSR count). The van der Waals surface area contributed by atoms with E-state index in [1.54, 1.807) is 0 Å². The molecule has 1 aliphatic heterocycles. The summed E-state index contributed by atoms with van der Waals surface area (Å²) in [6.07, 6.45) is 0.670. The van der Waals surface area contributed by atoms with Crippen molar-refractivity contribution in [3.05, 3.63) is 0 Å². The van der Waals surface area contributed by atoms with E-state index in [-0.39, 0.29) is 6.04 Å². The van der Waals surface area contributed by atoms with Crippen LogP contribution in [0.2, 0.25) is 0 Å². The van der Waals surface area contributed by atoms with Crippen molar-refractivity contribution in [1.29, 1.82) is 0 Å². The maximum absolute atomic E-state index is 11.1. The minimum atomic E-state index is -0.702. The van der Waals surface area contributed by atoms with Crippen molar-refractivity contribution in [2.45, 2.75) is 33.2 Å². The summed E-state index contributed by atoms with van der Waals surface area (Å²) in [6, 6.07) is -0.325. The summed E-state index contributed by atoms with van der Waals surface area (Å²) in [5.41, 5.74) is 0. The highest BCUT2D eigenvalue weighted by molar-refractivity contribution is 5.73. The number of aliphatic carboxylic acids is 1. The van der Waals surface area contributed by atoms with E-state index in [9.17, 15) is 4.79 Å². The van der Waals surface area contributed by atoms with E-state index < -0.39 is 5.97 Å². The van der Waals surface area contributed by atoms with E-state index in [2.05, 4.69) is 11.8 Å². The molecule has 1 N–H and O–H groups in total. The molecule has 1 heterocycles. The van der Waals surface area contributed by atoms with Crippen LogP contribution in [0.3, 0.4) is 0 Å². The topological polar surface area (TPSA) is 49.8 Å². The Kier molecular flexibility index (Phi) is 5.22. The molecule has 94 valence electrons. The zero-order valence-corrected chi connectivity index (χ0v) is 10.5. The fraction of sp³-hybridized carbons (Fsp3) is 0.917. The SMILES string of the molecule is CCOC[C@@H]1CN([C@@H](CC)C(=O)O)C[C@@H]1C. The molecule has 0 radical (unpaired) electrons. The van der Waals surface area contributed by atoms with E-state index >= 15 is 0 Å². The Hall–Kier alpha value is -0.610. The first-order valence-corrected chi connectivity index (χ1v) is 6.14. The zero-order chi connectivity index (χ0) is 12.1. The average Bonchev–Trinajstić information content (AvgIpc) is 2.57. The highest BCUT2D eigenvalue weighted by atomic mass is 16.5. The van der Waals surface area contributed by atoms with Crippen molar-refractivity contribution < 1.29 is 14.6 Å². The Bertz CT molecular complexity index is 232. The van der Waals surface area contributed by atoms with Crippen molar-refractivity contribution in [3.8, 4) is 0 Å². The lowest BCUT2D eigenvalue weighted by Crippen LogP contribution is -2.39. The van der Waals surface area contributed by atoms with Crippen LogP contribution in [0.4, 0.5) is 0 Å². The highest BCUT2D eigenvalue weighted by Gasteiger charge is 2.35. The van der Waals surface area contributed by atoms with E-state index in [1.807, 2.05) is 13.8 Å². The van der Waals surface area contributed by atoms with Crippen LogP contribution in [0.1, 0.15) is 27.2 Å². The molecule has 0 amide bonds. The minimum absolute atomic E-state index is 0.325. The Morgan fingerprint density at radius 3 is 2.69 bits per heavy atom. The fourth-order valence-electron chi connectivity index (χ4n) is 2.40. The number of nitrogens with zero attached hydrogens (tertiary/aromatic N) is 1. The predicted molar refractivity (Wildman–Crippen MR) is 62.4 cm³/mol. The number of hydrogen-bond donors (Lipinski definition) is 1. The van der Waals surface area contributed by atoms with Gasteiger partial charge >= 0.3 is 5.97 Å². The standard InChI is InChI=1S/C12H23NO3/c1-4-11(12(14)15)13-6-9(3)10(7-13)8-16-5-2/h9-11H,4-8H2,1-3H3,(H,14,15)/t9-,10-,11-/m0/s1. The average molecular weight is 229 g/mol. The minimum Gasteiger partial charge on any atom is -0.480 e. The summed E-state index contributed by atoms with van der Waals surface area (Å²) >= 11 is 0. The quantitative estimate of drug-likeness (QED) is 0.749. The van der Waals surface area contributed by atoms with Crippen LogP contribution in [0, 0.1) is 11.8 Å². The third kappa shape index (κ3) is 3.19. The molecule has 0 aromatic carbocycles. The van der Waals surface area contributed by atoms with E-state index in [0.29, 0.717) is 18.3 Å². The molecule has 4 nitrogen and oxygen atoms in total. The van der Waals surface area contributed by atoms with Crippen molar-refractivity contribution in [1.82, 2.24) is 4.90 Å². The number of carbonyl (C=O) groups is 1. The molecule has 1 saturated heterocycles. The monoisotopic (exact) mass is 229 g/mol. The van der Waals surface area contributed by atoms with E-state index in [1.165, 1.54) is 0 Å². The lowest BCUT2D eigenvalue weighted by atomic mass is 9.99. The second-order valence-electron chi connectivity index (χ2n) is 4.61. The smallest absolute Gasteiger partial charge is 0.320 e. The molecule has 1 aliphatic rings. The van der Waals surface area contributed by atoms with Crippen molar-refractivity contribution in [2.24, 2.45) is 11.8 Å². The summed E-state index contributed by atoms with van der Waals surface area (Å²) in [6.45, 7) is 9.32. The molecule has 0 saturated carbocycles. The van der Waals surface area contributed by atoms with Gasteiger partial charge in [0.1, 0.15) is 6.04 Å². The Morgan fingerprint density at radius 2 is 2.19 bits per heavy atom. The normalized spacial score (nSPS) is 28.2. The summed E-state index contributed by atoms with van der Waals surface area (Å²) in [4.78, 5) is 13.2. The van der Waals surface area contributed by atoms with Crippen LogP contribution in [0.5, 0.6) is 0 Å². The van der Waals surface area contributed by atoms with Gasteiger partial charge in [0.15, 0.2) is 0 Å². The van der Waals surface area contributed by atoms with Gasteiger partial charge in [-0.25, -0.2) is 0 Å². The van der Waals surface area contributed by atoms with Gasteiger partial charge in [0.05, 0.1) is 6.61 Å². The molecule has 0 aromatic heterocycles. The van der Waals surface area contributed by atoms with Gasteiger partial charge in [-0.15, -0.1) is 0 Å². The molecule has 0 aromatic rings. The van der Waals surface area contributed by atoms with Crippen molar-refractivity contribution in [2.75, 3.05) is 26.3 Å². The number of carboxylic acid groups (broad SMARTS) is 1. The van der Waals surface area contributed by atoms with Gasteiger partial charge in [-0.2, -0.15) is 0 Å². The molecule has 16 heavy (non-hydrogen) atoms. The van der Waals surface area contributed by atoms with Crippen LogP contribution in [-0.4, -0.2) is 48.3 Å². The number of ether oxygens (including phenoxy) is 1. The largest absolute Gasteiger partial charge is 0.480 e. The molecule has 0 aliphatic carbocycles. The van der Waals surface area contributed by atoms with Crippen LogP contribution in [0.15, 0.2) is 0 Å². The van der Waals surface area contributed by atoms with Crippen molar-refractivity contribution in [3.63, 3.8) is 0 Å². The van der Waals surface area contributed by atoms with Crippen molar-refractivity contribution >= 4 is 5.97 Å². The molecular weight excluding hydrogens is 206 g/mol. The molecule has 0 spiro atoms. The maximum atomic E-state index is 11.1. The molecule has 0 bridgehead atoms. The van der Waals surface area contributed by atoms with Gasteiger partial charge in [0.2, 0.25) is 0 Å². The van der Waals surface area contributed by atoms with Crippen LogP contribution < -0.4 is 0 Å². The van der Waals surface area contributed by atoms with E-state index in [4.69, 9.17) is 9.84 Å². The second-order valence-corrected chi connectivity index (χ2v) is 4.61. The van der Waals surface area contributed by atoms with Crippen LogP contribution in [0.25, 0.3) is 0 Å². The first-order valence-electron chi connectivity index (χ1n) is 6.14. The zero-order valence-electron chi connectivity index (χ0n) is 10.5. The van der Waals surface area contributed by atoms with Gasteiger partial charge in [0.25, 0.3) is 0 Å². The second kappa shape index (κ2) is 6.21. The van der Waals surface area contributed by atoms with Gasteiger partial charge < -0.3 is 9.84 Å². The van der Waals surface area contributed by atoms with Gasteiger partial charge in [0, 0.05) is 19.7 Å². The number of rotatable bonds is 6. The summed E-state index contributed by atoms with van der Waals surface area (Å²) in [7, 11) is 0. The molecule has 3 atom stereocenters. The maximum Gasteiger partial charge on any atom is 0.320 e. The number of likely N-dealkylation sites (tertiary alicyclic amines) is 1. The summed E-state index contributed by atoms with van der Waals surface area (Å²) in [5, 5.41) is 9.11. The highest BCUT2D eigenvalue weighted by Crippen LogP contribution is 2.25. The third-order valence-electron chi connectivity index (χ3n) is 3.44. The molecule has 0 unspecified atom stereocenters. The van der Waals surface area contributed by atoms with Gasteiger partial charge in [-0.05, 0) is 25.2 Å². The first kappa shape index (κ1) is 13.5. The molecular formula is C12H23NO3.